The van der Waals surface area contributed by atoms with Gasteiger partial charge in [-0.25, -0.2) is 0 Å². The van der Waals surface area contributed by atoms with E-state index in [1.165, 1.54) is 5.56 Å². The van der Waals surface area contributed by atoms with Crippen molar-refractivity contribution in [2.45, 2.75) is 33.4 Å². The van der Waals surface area contributed by atoms with E-state index in [1.807, 2.05) is 51.1 Å². The minimum Gasteiger partial charge on any atom is -0.489 e. The molecule has 21 heavy (non-hydrogen) atoms. The van der Waals surface area contributed by atoms with Gasteiger partial charge < -0.3 is 10.5 Å². The topological polar surface area (TPSA) is 59.0 Å². The summed E-state index contributed by atoms with van der Waals surface area (Å²) in [7, 11) is 0. The molecular weight excluding hydrogens is 260 g/mol. The van der Waals surface area contributed by atoms with Crippen molar-refractivity contribution in [2.75, 3.05) is 0 Å². The molecule has 0 spiro atoms. The quantitative estimate of drug-likeness (QED) is 0.927. The maximum Gasteiger partial charge on any atom is 0.124 e. The normalized spacial score (nSPS) is 11.8. The van der Waals surface area contributed by atoms with Gasteiger partial charge in [-0.15, -0.1) is 0 Å². The Hall–Kier alpha value is -2.31. The van der Waals surface area contributed by atoms with Crippen LogP contribution in [0, 0.1) is 25.2 Å². The maximum atomic E-state index is 8.89. The van der Waals surface area contributed by atoms with E-state index in [1.54, 1.807) is 0 Å². The summed E-state index contributed by atoms with van der Waals surface area (Å²) in [6, 6.07) is 13.7. The Balaban J connectivity index is 2.19. The largest absolute Gasteiger partial charge is 0.489 e. The summed E-state index contributed by atoms with van der Waals surface area (Å²) in [5, 5.41) is 8.89. The minimum atomic E-state index is -0.0676. The van der Waals surface area contributed by atoms with Gasteiger partial charge in [-0.1, -0.05) is 23.8 Å². The van der Waals surface area contributed by atoms with Gasteiger partial charge in [-0.05, 0) is 50.1 Å². The molecule has 0 aliphatic heterocycles. The van der Waals surface area contributed by atoms with Crippen LogP contribution in [0.5, 0.6) is 5.75 Å². The number of benzene rings is 2. The first-order valence-corrected chi connectivity index (χ1v) is 7.00. The first-order valence-electron chi connectivity index (χ1n) is 7.00. The van der Waals surface area contributed by atoms with Gasteiger partial charge in [0.05, 0.1) is 11.6 Å². The third-order valence-electron chi connectivity index (χ3n) is 3.51. The number of aryl methyl sites for hydroxylation is 2. The van der Waals surface area contributed by atoms with Crippen LogP contribution >= 0.6 is 0 Å². The minimum absolute atomic E-state index is 0.0676. The molecule has 2 aromatic rings. The lowest BCUT2D eigenvalue weighted by Gasteiger charge is -2.15. The molecule has 0 amide bonds. The van der Waals surface area contributed by atoms with Gasteiger partial charge in [0.25, 0.3) is 0 Å². The summed E-state index contributed by atoms with van der Waals surface area (Å²) in [6.07, 6.45) is 0. The number of ether oxygens (including phenoxy) is 1. The lowest BCUT2D eigenvalue weighted by Crippen LogP contribution is -2.08. The van der Waals surface area contributed by atoms with Gasteiger partial charge in [0.15, 0.2) is 0 Å². The van der Waals surface area contributed by atoms with Crippen LogP contribution < -0.4 is 10.5 Å². The van der Waals surface area contributed by atoms with Crippen LogP contribution in [0.3, 0.4) is 0 Å². The molecule has 2 N–H and O–H groups in total. The fourth-order valence-electron chi connectivity index (χ4n) is 2.24. The highest BCUT2D eigenvalue weighted by atomic mass is 16.5. The number of rotatable bonds is 4. The second-order valence-electron chi connectivity index (χ2n) is 5.37. The summed E-state index contributed by atoms with van der Waals surface area (Å²) < 4.78 is 5.93. The maximum absolute atomic E-state index is 8.89. The molecule has 0 bridgehead atoms. The van der Waals surface area contributed by atoms with Crippen molar-refractivity contribution < 1.29 is 4.74 Å². The van der Waals surface area contributed by atoms with Gasteiger partial charge in [0, 0.05) is 11.6 Å². The number of hydrogen-bond donors (Lipinski definition) is 1. The molecule has 0 fully saturated rings. The molecular formula is C18H20N2O. The third-order valence-corrected chi connectivity index (χ3v) is 3.51. The van der Waals surface area contributed by atoms with Crippen LogP contribution in [0.2, 0.25) is 0 Å². The van der Waals surface area contributed by atoms with E-state index in [9.17, 15) is 0 Å². The molecule has 3 nitrogen and oxygen atoms in total. The fourth-order valence-corrected chi connectivity index (χ4v) is 2.24. The summed E-state index contributed by atoms with van der Waals surface area (Å²) in [5.41, 5.74) is 11.0. The average Bonchev–Trinajstić information content (AvgIpc) is 2.46. The van der Waals surface area contributed by atoms with Crippen molar-refractivity contribution in [1.82, 2.24) is 0 Å². The van der Waals surface area contributed by atoms with Crippen molar-refractivity contribution in [3.63, 3.8) is 0 Å². The van der Waals surface area contributed by atoms with Crippen molar-refractivity contribution in [2.24, 2.45) is 5.73 Å². The van der Waals surface area contributed by atoms with Crippen LogP contribution in [0.4, 0.5) is 0 Å². The van der Waals surface area contributed by atoms with Crippen molar-refractivity contribution in [3.8, 4) is 11.8 Å². The molecule has 3 heteroatoms. The van der Waals surface area contributed by atoms with Crippen molar-refractivity contribution in [1.29, 1.82) is 5.26 Å². The SMILES string of the molecule is Cc1ccc(OCc2ccc(C#N)cc2C)c([C@H](C)N)c1. The molecule has 108 valence electrons. The molecule has 2 aromatic carbocycles. The van der Waals surface area contributed by atoms with Gasteiger partial charge in [0.1, 0.15) is 12.4 Å². The first kappa shape index (κ1) is 15.1. The highest BCUT2D eigenvalue weighted by Gasteiger charge is 2.09. The fraction of sp³-hybridized carbons (Fsp3) is 0.278. The monoisotopic (exact) mass is 280 g/mol. The van der Waals surface area contributed by atoms with Gasteiger partial charge in [0.2, 0.25) is 0 Å². The molecule has 0 saturated carbocycles. The molecule has 0 radical (unpaired) electrons. The highest BCUT2D eigenvalue weighted by molar-refractivity contribution is 5.40. The molecule has 0 unspecified atom stereocenters. The second-order valence-corrected chi connectivity index (χ2v) is 5.37. The Bertz CT molecular complexity index is 684. The molecule has 0 aromatic heterocycles. The summed E-state index contributed by atoms with van der Waals surface area (Å²) in [4.78, 5) is 0. The lowest BCUT2D eigenvalue weighted by atomic mass is 10.0. The predicted octanol–water partition coefficient (Wildman–Crippen LogP) is 3.77. The Labute approximate surface area is 126 Å². The molecule has 0 aliphatic rings. The van der Waals surface area contributed by atoms with Crippen LogP contribution in [0.15, 0.2) is 36.4 Å². The number of nitrogens with two attached hydrogens (primary N) is 1. The van der Waals surface area contributed by atoms with Gasteiger partial charge >= 0.3 is 0 Å². The van der Waals surface area contributed by atoms with E-state index in [0.29, 0.717) is 12.2 Å². The number of nitrogens with zero attached hydrogens (tertiary/aromatic N) is 1. The molecule has 0 aliphatic carbocycles. The Morgan fingerprint density at radius 3 is 2.57 bits per heavy atom. The zero-order valence-electron chi connectivity index (χ0n) is 12.7. The first-order chi connectivity index (χ1) is 10.0. The Kier molecular flexibility index (Phi) is 4.62. The van der Waals surface area contributed by atoms with Crippen LogP contribution in [-0.4, -0.2) is 0 Å². The van der Waals surface area contributed by atoms with Crippen LogP contribution in [-0.2, 0) is 6.61 Å². The smallest absolute Gasteiger partial charge is 0.124 e. The van der Waals surface area contributed by atoms with Crippen LogP contribution in [0.1, 0.15) is 40.8 Å². The van der Waals surface area contributed by atoms with E-state index in [2.05, 4.69) is 12.1 Å². The number of nitriles is 1. The van der Waals surface area contributed by atoms with Crippen molar-refractivity contribution in [3.05, 3.63) is 64.2 Å². The summed E-state index contributed by atoms with van der Waals surface area (Å²) in [5.74, 6) is 0.819. The Morgan fingerprint density at radius 2 is 1.95 bits per heavy atom. The van der Waals surface area contributed by atoms with Gasteiger partial charge in [-0.2, -0.15) is 5.26 Å². The zero-order chi connectivity index (χ0) is 15.4. The molecule has 0 heterocycles. The molecule has 1 atom stereocenters. The highest BCUT2D eigenvalue weighted by Crippen LogP contribution is 2.26. The Morgan fingerprint density at radius 1 is 1.19 bits per heavy atom. The number of hydrogen-bond acceptors (Lipinski definition) is 3. The van der Waals surface area contributed by atoms with E-state index >= 15 is 0 Å². The molecule has 2 rings (SSSR count). The van der Waals surface area contributed by atoms with E-state index in [4.69, 9.17) is 15.7 Å². The molecule has 0 saturated heterocycles. The zero-order valence-corrected chi connectivity index (χ0v) is 12.7. The predicted molar refractivity (Wildman–Crippen MR) is 84.0 cm³/mol. The van der Waals surface area contributed by atoms with Crippen molar-refractivity contribution >= 4 is 0 Å². The summed E-state index contributed by atoms with van der Waals surface area (Å²) >= 11 is 0. The van der Waals surface area contributed by atoms with Crippen LogP contribution in [0.25, 0.3) is 0 Å². The van der Waals surface area contributed by atoms with E-state index < -0.39 is 0 Å². The van der Waals surface area contributed by atoms with E-state index in [-0.39, 0.29) is 6.04 Å². The second kappa shape index (κ2) is 6.43. The third kappa shape index (κ3) is 3.62. The van der Waals surface area contributed by atoms with Gasteiger partial charge in [-0.3, -0.25) is 0 Å². The lowest BCUT2D eigenvalue weighted by molar-refractivity contribution is 0.300. The summed E-state index contributed by atoms with van der Waals surface area (Å²) in [6.45, 7) is 6.45. The van der Waals surface area contributed by atoms with E-state index in [0.717, 1.165) is 22.4 Å². The average molecular weight is 280 g/mol. The standard InChI is InChI=1S/C18H20N2O/c1-12-4-7-18(17(8-12)14(3)20)21-11-16-6-5-15(10-19)9-13(16)2/h4-9,14H,11,20H2,1-3H3/t14-/m0/s1.